The van der Waals surface area contributed by atoms with Gasteiger partial charge in [0.1, 0.15) is 28.7 Å². The number of imidazole rings is 1. The van der Waals surface area contributed by atoms with Crippen molar-refractivity contribution < 1.29 is 46.5 Å². The first-order valence-electron chi connectivity index (χ1n) is 30.2. The monoisotopic (exact) mass is 1230 g/mol. The molecule has 1 saturated carbocycles. The second-order valence-corrected chi connectivity index (χ2v) is 24.3. The fourth-order valence-corrected chi connectivity index (χ4v) is 12.5. The lowest BCUT2D eigenvalue weighted by molar-refractivity contribution is -0.131. The highest BCUT2D eigenvalue weighted by Crippen LogP contribution is 2.39. The summed E-state index contributed by atoms with van der Waals surface area (Å²) in [6.07, 6.45) is 12.8. The van der Waals surface area contributed by atoms with Crippen molar-refractivity contribution in [2.24, 2.45) is 14.1 Å². The van der Waals surface area contributed by atoms with Gasteiger partial charge in [0.05, 0.1) is 79.5 Å². The lowest BCUT2D eigenvalue weighted by Gasteiger charge is -2.36. The normalized spacial score (nSPS) is 13.8. The summed E-state index contributed by atoms with van der Waals surface area (Å²) in [7, 11) is 3.79. The van der Waals surface area contributed by atoms with Crippen LogP contribution in [0.5, 0.6) is 34.5 Å². The Morgan fingerprint density at radius 3 is 2.16 bits per heavy atom. The first kappa shape index (κ1) is 64.0. The number of ether oxygens (including phenoxy) is 5. The van der Waals surface area contributed by atoms with Gasteiger partial charge in [-0.3, -0.25) is 47.5 Å². The third-order valence-electron chi connectivity index (χ3n) is 16.3. The van der Waals surface area contributed by atoms with E-state index in [-0.39, 0.29) is 69.1 Å². The number of nitrogens with one attached hydrogen (secondary N) is 2. The first-order chi connectivity index (χ1) is 42.4. The number of pyridine rings is 2. The smallest absolute Gasteiger partial charge is 0.328 e. The minimum atomic E-state index is -4.22. The molecule has 2 fully saturated rings. The number of likely N-dealkylation sites (N-methyl/N-ethyl adjacent to an activating group) is 1. The fourth-order valence-electron chi connectivity index (χ4n) is 11.5. The number of ketones is 1. The largest absolute Gasteiger partial charge is 0.493 e. The molecule has 88 heavy (non-hydrogen) atoms. The molecule has 0 radical (unpaired) electrons. The Balaban J connectivity index is 0.678. The van der Waals surface area contributed by atoms with Gasteiger partial charge in [-0.15, -0.1) is 0 Å². The summed E-state index contributed by atoms with van der Waals surface area (Å²) in [4.78, 5) is 85.5. The highest BCUT2D eigenvalue weighted by Gasteiger charge is 2.28. The number of rotatable bonds is 29. The topological polar surface area (TPSA) is 253 Å². The average molecular weight is 1230 g/mol. The van der Waals surface area contributed by atoms with E-state index in [4.69, 9.17) is 33.7 Å². The van der Waals surface area contributed by atoms with Crippen LogP contribution >= 0.6 is 0 Å². The number of piperazine rings is 1. The summed E-state index contributed by atoms with van der Waals surface area (Å²) in [5, 5.41) is 3.74. The number of anilines is 2. The minimum Gasteiger partial charge on any atom is -0.493 e. The van der Waals surface area contributed by atoms with E-state index >= 15 is 0 Å². The van der Waals surface area contributed by atoms with Gasteiger partial charge in [0, 0.05) is 107 Å². The summed E-state index contributed by atoms with van der Waals surface area (Å²) in [6, 6.07) is 16.6. The Labute approximate surface area is 513 Å². The maximum Gasteiger partial charge on any atom is 0.328 e. The van der Waals surface area contributed by atoms with E-state index in [9.17, 15) is 32.4 Å². The molecule has 23 nitrogen and oxygen atoms in total. The number of hydrogen-bond acceptors (Lipinski definition) is 17. The van der Waals surface area contributed by atoms with E-state index in [0.717, 1.165) is 74.6 Å². The van der Waals surface area contributed by atoms with Crippen LogP contribution in [-0.2, 0) is 40.1 Å². The molecule has 0 spiro atoms. The first-order valence-corrected chi connectivity index (χ1v) is 31.7. The zero-order valence-corrected chi connectivity index (χ0v) is 52.5. The number of hydrogen-bond donors (Lipinski definition) is 2. The van der Waals surface area contributed by atoms with Crippen LogP contribution in [0.15, 0.2) is 87.5 Å². The zero-order valence-electron chi connectivity index (χ0n) is 51.7. The number of benzene rings is 3. The van der Waals surface area contributed by atoms with E-state index in [1.165, 1.54) is 48.5 Å². The summed E-state index contributed by atoms with van der Waals surface area (Å²) in [5.41, 5.74) is 3.69. The predicted octanol–water partition coefficient (Wildman–Crippen LogP) is 8.11. The Hall–Kier alpha value is -8.51. The molecule has 1 saturated heterocycles. The molecule has 0 bridgehead atoms. The Morgan fingerprint density at radius 1 is 0.773 bits per heavy atom. The van der Waals surface area contributed by atoms with Crippen LogP contribution in [0.3, 0.4) is 0 Å². The summed E-state index contributed by atoms with van der Waals surface area (Å²) >= 11 is 0. The number of unbranched alkanes of at least 4 members (excludes halogenated alkanes) is 3. The molecule has 2 amide bonds. The summed E-state index contributed by atoms with van der Waals surface area (Å²) in [6.45, 7) is 10.1. The molecule has 4 aromatic heterocycles. The van der Waals surface area contributed by atoms with Gasteiger partial charge in [0.15, 0.2) is 23.0 Å². The number of fused-ring (bicyclic) bond motifs is 2. The molecule has 3 aromatic carbocycles. The van der Waals surface area contributed by atoms with Crippen molar-refractivity contribution in [1.29, 1.82) is 0 Å². The maximum atomic E-state index is 13.9. The standard InChI is InChI=1S/C64H81N11O12S/c1-9-30-85-47-33-48(35-49(34-47)87-56-38-54-53(71(5)64(80)72(54)6)37-52(56)69-88(81,82)50-22-23-55(83-7)57(36-50)84-8)86-31-16-15-25-70(4)41-59(77)65-24-14-10-11-19-60(78)74-28-26-73(27-29-74)46-21-20-44(66-39-46)32-58-67-40-51-42(2)61(43(3)76)63(79)75(62(51)68-58)45-17-12-13-18-45/h20-23,33-40,45,69H,9-19,24-32,41H2,1-8H3,(H,65,77). The maximum absolute atomic E-state index is 13.9. The average Bonchev–Trinajstić information content (AvgIpc) is 1.48. The van der Waals surface area contributed by atoms with E-state index in [1.807, 2.05) is 42.1 Å². The lowest BCUT2D eigenvalue weighted by Crippen LogP contribution is -2.48. The molecule has 2 aliphatic rings. The third kappa shape index (κ3) is 15.2. The molecule has 24 heteroatoms. The number of nitrogens with zero attached hydrogens (tertiary/aromatic N) is 9. The number of methoxy groups -OCH3 is 2. The van der Waals surface area contributed by atoms with Crippen molar-refractivity contribution >= 4 is 61.1 Å². The van der Waals surface area contributed by atoms with Gasteiger partial charge in [-0.25, -0.2) is 23.2 Å². The van der Waals surface area contributed by atoms with Crippen molar-refractivity contribution in [3.8, 4) is 34.5 Å². The second-order valence-electron chi connectivity index (χ2n) is 22.7. The zero-order chi connectivity index (χ0) is 62.6. The van der Waals surface area contributed by atoms with Crippen LogP contribution in [0.1, 0.15) is 118 Å². The summed E-state index contributed by atoms with van der Waals surface area (Å²) < 4.78 is 64.3. The minimum absolute atomic E-state index is 0.00823. The highest BCUT2D eigenvalue weighted by molar-refractivity contribution is 7.92. The van der Waals surface area contributed by atoms with Gasteiger partial charge in [-0.2, -0.15) is 0 Å². The van der Waals surface area contributed by atoms with Crippen molar-refractivity contribution in [1.82, 2.24) is 43.8 Å². The number of carbonyl (C=O) groups is 3. The van der Waals surface area contributed by atoms with Gasteiger partial charge < -0.3 is 38.8 Å². The van der Waals surface area contributed by atoms with Gasteiger partial charge in [0.25, 0.3) is 15.6 Å². The number of aryl methyl sites for hydroxylation is 3. The molecule has 0 unspecified atom stereocenters. The van der Waals surface area contributed by atoms with E-state index in [2.05, 4.69) is 19.9 Å². The van der Waals surface area contributed by atoms with Crippen molar-refractivity contribution in [2.45, 2.75) is 109 Å². The number of sulfonamides is 1. The van der Waals surface area contributed by atoms with Gasteiger partial charge >= 0.3 is 5.69 Å². The van der Waals surface area contributed by atoms with Crippen LogP contribution in [0.25, 0.3) is 22.1 Å². The van der Waals surface area contributed by atoms with Crippen molar-refractivity contribution in [3.05, 3.63) is 117 Å². The Morgan fingerprint density at radius 2 is 1.48 bits per heavy atom. The molecule has 9 rings (SSSR count). The second kappa shape index (κ2) is 29.0. The van der Waals surface area contributed by atoms with Crippen LogP contribution in [0, 0.1) is 6.92 Å². The molecule has 470 valence electrons. The predicted molar refractivity (Wildman–Crippen MR) is 336 cm³/mol. The number of carbonyl (C=O) groups excluding carboxylic acids is 3. The molecule has 1 aliphatic carbocycles. The van der Waals surface area contributed by atoms with Crippen LogP contribution in [0.4, 0.5) is 11.4 Å². The molecule has 1 aliphatic heterocycles. The third-order valence-corrected chi connectivity index (χ3v) is 17.7. The van der Waals surface area contributed by atoms with E-state index in [0.29, 0.717) is 123 Å². The van der Waals surface area contributed by atoms with Crippen LogP contribution in [-0.4, -0.2) is 145 Å². The van der Waals surface area contributed by atoms with Gasteiger partial charge in [-0.1, -0.05) is 26.2 Å². The van der Waals surface area contributed by atoms with Crippen molar-refractivity contribution in [2.75, 3.05) is 89.9 Å². The Bertz CT molecular complexity index is 3890. The molecular weight excluding hydrogens is 1150 g/mol. The molecule has 5 heterocycles. The molecule has 0 atom stereocenters. The van der Waals surface area contributed by atoms with Crippen LogP contribution in [0.2, 0.25) is 0 Å². The lowest BCUT2D eigenvalue weighted by atomic mass is 10.0. The SMILES string of the molecule is CCCOc1cc(OCCCCN(C)CC(=O)NCCCCCC(=O)N2CCN(c3ccc(Cc4ncc5c(C)c(C(C)=O)c(=O)n(C6CCCC6)c5n4)nc3)CC2)cc(Oc2cc3c(cc2NS(=O)(=O)c2ccc(OC)c(OC)c2)n(C)c(=O)n3C)c1. The van der Waals surface area contributed by atoms with E-state index < -0.39 is 10.0 Å². The number of Topliss-reactive ketones (excluding diaryl/α,β-unsaturated/α-hetero) is 1. The number of amides is 2. The Kier molecular flexibility index (Phi) is 21.1. The highest BCUT2D eigenvalue weighted by atomic mass is 32.2. The van der Waals surface area contributed by atoms with Crippen molar-refractivity contribution in [3.63, 3.8) is 0 Å². The van der Waals surface area contributed by atoms with E-state index in [1.54, 1.807) is 62.1 Å². The van der Waals surface area contributed by atoms with Gasteiger partial charge in [-0.05, 0) is 108 Å². The summed E-state index contributed by atoms with van der Waals surface area (Å²) in [5.74, 6) is 2.38. The number of aromatic nitrogens is 6. The quantitative estimate of drug-likeness (QED) is 0.0332. The molecule has 7 aromatic rings. The fraction of sp³-hybridized carbons (Fsp3) is 0.469. The molecule has 2 N–H and O–H groups in total. The molecular formula is C64H81N11O12S. The van der Waals surface area contributed by atoms with Crippen LogP contribution < -0.4 is 49.9 Å². The van der Waals surface area contributed by atoms with Gasteiger partial charge in [0.2, 0.25) is 11.8 Å².